The molecule has 28 heavy (non-hydrogen) atoms. The first kappa shape index (κ1) is 17.8. The molecule has 0 radical (unpaired) electrons. The Morgan fingerprint density at radius 1 is 1.00 bits per heavy atom. The van der Waals surface area contributed by atoms with Crippen LogP contribution in [0.4, 0.5) is 4.39 Å². The molecule has 0 spiro atoms. The topological polar surface area (TPSA) is 41.6 Å². The predicted molar refractivity (Wildman–Crippen MR) is 105 cm³/mol. The Morgan fingerprint density at radius 3 is 2.36 bits per heavy atom. The number of amides is 1. The van der Waals surface area contributed by atoms with E-state index in [9.17, 15) is 9.18 Å². The summed E-state index contributed by atoms with van der Waals surface area (Å²) in [7, 11) is 0. The van der Waals surface area contributed by atoms with E-state index in [1.54, 1.807) is 6.07 Å². The summed E-state index contributed by atoms with van der Waals surface area (Å²) < 4.78 is 19.4. The van der Waals surface area contributed by atoms with Crippen LogP contribution < -0.4 is 5.32 Å². The molecule has 1 amide bonds. The van der Waals surface area contributed by atoms with Gasteiger partial charge in [-0.25, -0.2) is 4.39 Å². The molecule has 6 rings (SSSR count). The number of piperidine rings is 1. The van der Waals surface area contributed by atoms with Crippen LogP contribution in [0, 0.1) is 11.7 Å². The Bertz CT molecular complexity index is 851. The van der Waals surface area contributed by atoms with Gasteiger partial charge in [0.1, 0.15) is 5.82 Å². The molecule has 4 fully saturated rings. The molecule has 1 N–H and O–H groups in total. The van der Waals surface area contributed by atoms with Gasteiger partial charge in [-0.05, 0) is 30.0 Å². The summed E-state index contributed by atoms with van der Waals surface area (Å²) in [5, 5.41) is 3.59. The molecule has 4 aliphatic rings. The third-order valence-corrected chi connectivity index (χ3v) is 6.49. The number of hydrogen-bond acceptors (Lipinski definition) is 3. The first-order valence-corrected chi connectivity index (χ1v) is 10.2. The minimum atomic E-state index is -0.195. The van der Waals surface area contributed by atoms with Crippen molar-refractivity contribution in [2.24, 2.45) is 5.92 Å². The van der Waals surface area contributed by atoms with Crippen LogP contribution in [-0.2, 0) is 9.53 Å². The van der Waals surface area contributed by atoms with Gasteiger partial charge in [0, 0.05) is 55.8 Å². The normalized spacial score (nSPS) is 27.3. The van der Waals surface area contributed by atoms with Crippen molar-refractivity contribution in [3.8, 4) is 11.1 Å². The zero-order valence-corrected chi connectivity index (χ0v) is 15.8. The highest BCUT2D eigenvalue weighted by molar-refractivity contribution is 5.79. The highest BCUT2D eigenvalue weighted by atomic mass is 19.1. The van der Waals surface area contributed by atoms with E-state index in [4.69, 9.17) is 4.74 Å². The van der Waals surface area contributed by atoms with E-state index in [2.05, 4.69) is 17.4 Å². The van der Waals surface area contributed by atoms with E-state index in [0.717, 1.165) is 31.5 Å². The number of benzene rings is 2. The molecule has 3 atom stereocenters. The Hall–Kier alpha value is -2.24. The number of ether oxygens (including phenoxy) is 1. The summed E-state index contributed by atoms with van der Waals surface area (Å²) in [6, 6.07) is 15.7. The van der Waals surface area contributed by atoms with E-state index in [-0.39, 0.29) is 11.7 Å². The molecule has 4 saturated heterocycles. The van der Waals surface area contributed by atoms with E-state index in [1.165, 1.54) is 11.6 Å². The highest BCUT2D eigenvalue weighted by Gasteiger charge is 2.48. The van der Waals surface area contributed by atoms with Gasteiger partial charge in [0.05, 0.1) is 0 Å². The number of halogens is 1. The minimum absolute atomic E-state index is 0.129. The maximum Gasteiger partial charge on any atom is 0.225 e. The molecule has 0 saturated carbocycles. The number of nitrogens with zero attached hydrogens (tertiary/aromatic N) is 1. The zero-order chi connectivity index (χ0) is 19.1. The molecule has 2 bridgehead atoms. The number of piperazine rings is 1. The third kappa shape index (κ3) is 3.12. The lowest BCUT2D eigenvalue weighted by molar-refractivity contribution is -0.143. The summed E-state index contributed by atoms with van der Waals surface area (Å²) in [6.45, 7) is 2.94. The Balaban J connectivity index is 1.27. The van der Waals surface area contributed by atoms with Gasteiger partial charge in [-0.1, -0.05) is 42.5 Å². The predicted octanol–water partition coefficient (Wildman–Crippen LogP) is 3.19. The number of hydrogen-bond donors (Lipinski definition) is 1. The standard InChI is InChI=1S/C23H25FN2O2/c24-19-4-2-1-3-18(19)15-5-7-16(8-6-15)22-20-13-26(14-21(22)25-20)23(27)17-9-11-28-12-10-17/h1-8,17,20-22,25H,9-14H2/t20-,21+,22?. The fourth-order valence-electron chi connectivity index (χ4n) is 4.95. The van der Waals surface area contributed by atoms with E-state index in [0.29, 0.717) is 42.7 Å². The fraction of sp³-hybridized carbons (Fsp3) is 0.435. The van der Waals surface area contributed by atoms with Crippen LogP contribution in [0.3, 0.4) is 0 Å². The van der Waals surface area contributed by atoms with Crippen LogP contribution in [0.2, 0.25) is 0 Å². The first-order valence-electron chi connectivity index (χ1n) is 10.2. The quantitative estimate of drug-likeness (QED) is 0.889. The number of nitrogens with one attached hydrogen (secondary N) is 1. The lowest BCUT2D eigenvalue weighted by Gasteiger charge is -2.55. The lowest BCUT2D eigenvalue weighted by Crippen LogP contribution is -2.72. The summed E-state index contributed by atoms with van der Waals surface area (Å²) >= 11 is 0. The molecular formula is C23H25FN2O2. The molecule has 1 unspecified atom stereocenters. The van der Waals surface area contributed by atoms with Gasteiger partial charge in [0.2, 0.25) is 5.91 Å². The van der Waals surface area contributed by atoms with Crippen molar-refractivity contribution < 1.29 is 13.9 Å². The maximum absolute atomic E-state index is 14.0. The monoisotopic (exact) mass is 380 g/mol. The first-order chi connectivity index (χ1) is 13.7. The van der Waals surface area contributed by atoms with Gasteiger partial charge in [-0.15, -0.1) is 0 Å². The zero-order valence-electron chi connectivity index (χ0n) is 15.8. The Kier molecular flexibility index (Phi) is 4.65. The molecule has 4 aliphatic heterocycles. The Labute approximate surface area is 164 Å². The Morgan fingerprint density at radius 2 is 1.68 bits per heavy atom. The average Bonchev–Trinajstić information content (AvgIpc) is 2.75. The van der Waals surface area contributed by atoms with Crippen LogP contribution in [-0.4, -0.2) is 49.2 Å². The fourth-order valence-corrected chi connectivity index (χ4v) is 4.95. The van der Waals surface area contributed by atoms with Crippen molar-refractivity contribution in [2.45, 2.75) is 30.8 Å². The van der Waals surface area contributed by atoms with Gasteiger partial charge in [0.25, 0.3) is 0 Å². The van der Waals surface area contributed by atoms with Crippen LogP contribution >= 0.6 is 0 Å². The summed E-state index contributed by atoms with van der Waals surface area (Å²) in [5.74, 6) is 0.658. The van der Waals surface area contributed by atoms with E-state index < -0.39 is 0 Å². The van der Waals surface area contributed by atoms with Crippen LogP contribution in [0.15, 0.2) is 48.5 Å². The molecule has 0 aromatic heterocycles. The number of carbonyl (C=O) groups is 1. The molecule has 2 aromatic rings. The van der Waals surface area contributed by atoms with Crippen molar-refractivity contribution >= 4 is 5.91 Å². The van der Waals surface area contributed by atoms with Gasteiger partial charge < -0.3 is 15.0 Å². The van der Waals surface area contributed by atoms with Crippen molar-refractivity contribution in [3.05, 3.63) is 59.9 Å². The number of fused-ring (bicyclic) bond motifs is 2. The smallest absolute Gasteiger partial charge is 0.225 e. The molecular weight excluding hydrogens is 355 g/mol. The molecule has 2 aromatic carbocycles. The van der Waals surface area contributed by atoms with Gasteiger partial charge in [-0.3, -0.25) is 4.79 Å². The lowest BCUT2D eigenvalue weighted by atomic mass is 9.73. The molecule has 0 aliphatic carbocycles. The van der Waals surface area contributed by atoms with Gasteiger partial charge >= 0.3 is 0 Å². The SMILES string of the molecule is O=C(C1CCOCC1)N1C[C@@H]2N[C@H](C1)C2c1ccc(-c2ccccc2F)cc1. The largest absolute Gasteiger partial charge is 0.381 e. The average molecular weight is 380 g/mol. The van der Waals surface area contributed by atoms with Gasteiger partial charge in [0.15, 0.2) is 0 Å². The van der Waals surface area contributed by atoms with E-state index in [1.807, 2.05) is 29.2 Å². The van der Waals surface area contributed by atoms with Crippen molar-refractivity contribution in [1.29, 1.82) is 0 Å². The maximum atomic E-state index is 14.0. The van der Waals surface area contributed by atoms with Crippen molar-refractivity contribution in [3.63, 3.8) is 0 Å². The van der Waals surface area contributed by atoms with Crippen LogP contribution in [0.1, 0.15) is 24.3 Å². The van der Waals surface area contributed by atoms with Crippen molar-refractivity contribution in [2.75, 3.05) is 26.3 Å². The second kappa shape index (κ2) is 7.30. The molecule has 146 valence electrons. The molecule has 5 heteroatoms. The summed E-state index contributed by atoms with van der Waals surface area (Å²) in [4.78, 5) is 14.9. The summed E-state index contributed by atoms with van der Waals surface area (Å²) in [5.41, 5.74) is 2.80. The van der Waals surface area contributed by atoms with Crippen LogP contribution in [0.5, 0.6) is 0 Å². The molecule has 4 heterocycles. The highest BCUT2D eigenvalue weighted by Crippen LogP contribution is 2.38. The third-order valence-electron chi connectivity index (χ3n) is 6.49. The van der Waals surface area contributed by atoms with Crippen LogP contribution in [0.25, 0.3) is 11.1 Å². The number of carbonyl (C=O) groups excluding carboxylic acids is 1. The summed E-state index contributed by atoms with van der Waals surface area (Å²) in [6.07, 6.45) is 1.69. The van der Waals surface area contributed by atoms with Gasteiger partial charge in [-0.2, -0.15) is 0 Å². The number of rotatable bonds is 3. The van der Waals surface area contributed by atoms with Crippen molar-refractivity contribution in [1.82, 2.24) is 10.2 Å². The second-order valence-corrected chi connectivity index (χ2v) is 8.14. The minimum Gasteiger partial charge on any atom is -0.381 e. The van der Waals surface area contributed by atoms with E-state index >= 15 is 0 Å². The second-order valence-electron chi connectivity index (χ2n) is 8.14. The molecule has 4 nitrogen and oxygen atoms in total.